The number of pyridine rings is 1. The Labute approximate surface area is 188 Å². The van der Waals surface area contributed by atoms with E-state index in [1.807, 2.05) is 43.3 Å². The van der Waals surface area contributed by atoms with Gasteiger partial charge < -0.3 is 9.47 Å². The molecule has 6 nitrogen and oxygen atoms in total. The first-order valence-corrected chi connectivity index (χ1v) is 12.4. The minimum absolute atomic E-state index is 0. The summed E-state index contributed by atoms with van der Waals surface area (Å²) in [6, 6.07) is 16.3. The second-order valence-electron chi connectivity index (χ2n) is 8.49. The van der Waals surface area contributed by atoms with E-state index in [9.17, 15) is 13.2 Å². The number of hydrogen-bond donors (Lipinski definition) is 0. The van der Waals surface area contributed by atoms with Gasteiger partial charge in [0.05, 0.1) is 10.3 Å². The molecule has 0 bridgehead atoms. The van der Waals surface area contributed by atoms with Gasteiger partial charge in [0, 0.05) is 31.1 Å². The zero-order valence-electron chi connectivity index (χ0n) is 17.9. The van der Waals surface area contributed by atoms with Crippen LogP contribution in [0.5, 0.6) is 11.5 Å². The summed E-state index contributed by atoms with van der Waals surface area (Å²) in [6.07, 6.45) is 3.08. The lowest BCUT2D eigenvalue weighted by molar-refractivity contribution is -0.120. The van der Waals surface area contributed by atoms with E-state index in [2.05, 4.69) is 4.98 Å². The molecule has 0 atom stereocenters. The van der Waals surface area contributed by atoms with Crippen LogP contribution in [0.1, 0.15) is 31.2 Å². The lowest BCUT2D eigenvalue weighted by Crippen LogP contribution is -2.23. The van der Waals surface area contributed by atoms with Crippen molar-refractivity contribution in [1.29, 1.82) is 0 Å². The molecule has 1 saturated carbocycles. The predicted octanol–water partition coefficient (Wildman–Crippen LogP) is 4.28. The number of aryl methyl sites for hydroxylation is 1. The van der Waals surface area contributed by atoms with Crippen molar-refractivity contribution in [3.8, 4) is 22.6 Å². The van der Waals surface area contributed by atoms with Gasteiger partial charge in [-0.05, 0) is 61.2 Å². The molecule has 0 spiro atoms. The van der Waals surface area contributed by atoms with Gasteiger partial charge in [-0.25, -0.2) is 8.42 Å². The third kappa shape index (κ3) is 3.66. The SMILES string of the molecule is Cc1nc(CC(=O)C2(c3ccc4c(c3)OCO4)CC2)ccc1-c1cccc(S(C)(=O)=O)c1.[HH]. The minimum Gasteiger partial charge on any atom is -0.454 e. The number of Topliss-reactive ketones (excluding diaryl/α,β-unsaturated/α-hetero) is 1. The number of carbonyl (C=O) groups excluding carboxylic acids is 1. The summed E-state index contributed by atoms with van der Waals surface area (Å²) < 4.78 is 34.6. The molecule has 166 valence electrons. The molecular formula is C25H25NO5S. The van der Waals surface area contributed by atoms with Gasteiger partial charge in [-0.3, -0.25) is 9.78 Å². The smallest absolute Gasteiger partial charge is 0.231 e. The monoisotopic (exact) mass is 451 g/mol. The Balaban J connectivity index is 0.00000259. The molecule has 0 amide bonds. The summed E-state index contributed by atoms with van der Waals surface area (Å²) >= 11 is 0. The first-order chi connectivity index (χ1) is 15.3. The van der Waals surface area contributed by atoms with Crippen molar-refractivity contribution in [2.45, 2.75) is 36.5 Å². The normalized spacial score (nSPS) is 16.1. The van der Waals surface area contributed by atoms with Crippen LogP contribution in [0.3, 0.4) is 0 Å². The fraction of sp³-hybridized carbons (Fsp3) is 0.280. The third-order valence-corrected chi connectivity index (χ3v) is 7.38. The van der Waals surface area contributed by atoms with E-state index in [4.69, 9.17) is 9.47 Å². The van der Waals surface area contributed by atoms with Crippen LogP contribution in [0.25, 0.3) is 11.1 Å². The van der Waals surface area contributed by atoms with Gasteiger partial charge in [0.2, 0.25) is 6.79 Å². The van der Waals surface area contributed by atoms with Gasteiger partial charge in [-0.15, -0.1) is 0 Å². The van der Waals surface area contributed by atoms with Crippen LogP contribution in [0, 0.1) is 6.92 Å². The number of ether oxygens (including phenoxy) is 2. The van der Waals surface area contributed by atoms with Crippen molar-refractivity contribution in [2.24, 2.45) is 0 Å². The van der Waals surface area contributed by atoms with E-state index in [0.29, 0.717) is 17.2 Å². The molecule has 1 aliphatic carbocycles. The van der Waals surface area contributed by atoms with Crippen molar-refractivity contribution in [2.75, 3.05) is 13.0 Å². The van der Waals surface area contributed by atoms with Gasteiger partial charge in [0.1, 0.15) is 5.78 Å². The van der Waals surface area contributed by atoms with E-state index < -0.39 is 15.3 Å². The van der Waals surface area contributed by atoms with E-state index in [1.165, 1.54) is 6.26 Å². The molecule has 5 rings (SSSR count). The number of aromatic nitrogens is 1. The Hall–Kier alpha value is -3.19. The molecule has 0 saturated heterocycles. The summed E-state index contributed by atoms with van der Waals surface area (Å²) in [7, 11) is -3.29. The summed E-state index contributed by atoms with van der Waals surface area (Å²) in [6.45, 7) is 2.09. The highest BCUT2D eigenvalue weighted by molar-refractivity contribution is 7.90. The predicted molar refractivity (Wildman–Crippen MR) is 122 cm³/mol. The number of fused-ring (bicyclic) bond motifs is 1. The van der Waals surface area contributed by atoms with Gasteiger partial charge >= 0.3 is 0 Å². The summed E-state index contributed by atoms with van der Waals surface area (Å²) in [5.74, 6) is 1.55. The maximum Gasteiger partial charge on any atom is 0.231 e. The van der Waals surface area contributed by atoms with E-state index in [1.54, 1.807) is 18.2 Å². The van der Waals surface area contributed by atoms with Crippen molar-refractivity contribution >= 4 is 15.6 Å². The first-order valence-electron chi connectivity index (χ1n) is 10.5. The van der Waals surface area contributed by atoms with Gasteiger partial charge in [-0.2, -0.15) is 0 Å². The topological polar surface area (TPSA) is 82.6 Å². The average Bonchev–Trinajstić information content (AvgIpc) is 3.44. The Morgan fingerprint density at radius 2 is 1.84 bits per heavy atom. The number of carbonyl (C=O) groups is 1. The Morgan fingerprint density at radius 1 is 1.06 bits per heavy atom. The Morgan fingerprint density at radius 3 is 2.56 bits per heavy atom. The molecule has 7 heteroatoms. The molecule has 2 aromatic carbocycles. The maximum absolute atomic E-state index is 13.2. The van der Waals surface area contributed by atoms with Crippen LogP contribution < -0.4 is 9.47 Å². The largest absolute Gasteiger partial charge is 0.454 e. The molecule has 0 radical (unpaired) electrons. The lowest BCUT2D eigenvalue weighted by Gasteiger charge is -2.16. The summed E-state index contributed by atoms with van der Waals surface area (Å²) in [4.78, 5) is 18.2. The molecule has 1 aromatic heterocycles. The van der Waals surface area contributed by atoms with Gasteiger partial charge in [0.25, 0.3) is 0 Å². The maximum atomic E-state index is 13.2. The second-order valence-corrected chi connectivity index (χ2v) is 10.5. The number of nitrogens with zero attached hydrogens (tertiary/aromatic N) is 1. The number of benzene rings is 2. The summed E-state index contributed by atoms with van der Waals surface area (Å²) in [5.41, 5.74) is 3.60. The van der Waals surface area contributed by atoms with E-state index >= 15 is 0 Å². The number of ketones is 1. The Bertz CT molecular complexity index is 1350. The van der Waals surface area contributed by atoms with Crippen LogP contribution >= 0.6 is 0 Å². The standard InChI is InChI=1S/C25H23NO5S.H2/c1-16-21(17-4-3-5-20(12-17)32(2,28)29)8-7-19(26-16)14-24(27)25(10-11-25)18-6-9-22-23(13-18)31-15-30-22;/h3-9,12-13H,10-11,14-15H2,1-2H3;1H. The number of hydrogen-bond acceptors (Lipinski definition) is 6. The highest BCUT2D eigenvalue weighted by atomic mass is 32.2. The number of sulfone groups is 1. The van der Waals surface area contributed by atoms with Crippen molar-refractivity contribution in [1.82, 2.24) is 4.98 Å². The van der Waals surface area contributed by atoms with Crippen LogP contribution in [0.15, 0.2) is 59.5 Å². The van der Waals surface area contributed by atoms with Crippen molar-refractivity contribution in [3.05, 3.63) is 71.5 Å². The third-order valence-electron chi connectivity index (χ3n) is 6.27. The highest BCUT2D eigenvalue weighted by Gasteiger charge is 2.51. The molecular weight excluding hydrogens is 426 g/mol. The fourth-order valence-corrected chi connectivity index (χ4v) is 4.96. The van der Waals surface area contributed by atoms with Crippen LogP contribution in [0.4, 0.5) is 0 Å². The fourth-order valence-electron chi connectivity index (χ4n) is 4.29. The van der Waals surface area contributed by atoms with Crippen LogP contribution in [-0.4, -0.2) is 32.2 Å². The first kappa shape index (κ1) is 20.7. The number of rotatable bonds is 6. The van der Waals surface area contributed by atoms with E-state index in [-0.39, 0.29) is 25.3 Å². The Kier molecular flexibility index (Phi) is 4.82. The molecule has 32 heavy (non-hydrogen) atoms. The highest BCUT2D eigenvalue weighted by Crippen LogP contribution is 2.51. The average molecular weight is 452 g/mol. The molecule has 2 heterocycles. The molecule has 2 aliphatic rings. The molecule has 1 aliphatic heterocycles. The summed E-state index contributed by atoms with van der Waals surface area (Å²) in [5, 5.41) is 0. The quantitative estimate of drug-likeness (QED) is 0.556. The van der Waals surface area contributed by atoms with Gasteiger partial charge in [0.15, 0.2) is 21.3 Å². The zero-order chi connectivity index (χ0) is 22.5. The van der Waals surface area contributed by atoms with E-state index in [0.717, 1.165) is 35.2 Å². The van der Waals surface area contributed by atoms with Gasteiger partial charge in [-0.1, -0.05) is 24.3 Å². The molecule has 1 fully saturated rings. The molecule has 3 aromatic rings. The minimum atomic E-state index is -3.29. The van der Waals surface area contributed by atoms with Crippen LogP contribution in [-0.2, 0) is 26.5 Å². The lowest BCUT2D eigenvalue weighted by atomic mass is 9.88. The molecule has 0 N–H and O–H groups in total. The van der Waals surface area contributed by atoms with Crippen molar-refractivity contribution < 1.29 is 24.1 Å². The van der Waals surface area contributed by atoms with Crippen molar-refractivity contribution in [3.63, 3.8) is 0 Å². The van der Waals surface area contributed by atoms with Crippen LogP contribution in [0.2, 0.25) is 0 Å². The molecule has 0 unspecified atom stereocenters. The zero-order valence-corrected chi connectivity index (χ0v) is 18.7. The second kappa shape index (κ2) is 7.45.